The third-order valence-corrected chi connectivity index (χ3v) is 10.0. The number of carboxylic acids is 1. The number of benzene rings is 1. The zero-order valence-corrected chi connectivity index (χ0v) is 25.2. The van der Waals surface area contributed by atoms with Gasteiger partial charge in [0.15, 0.2) is 0 Å². The minimum absolute atomic E-state index is 0.0649. The molecule has 222 valence electrons. The number of nitrogens with one attached hydrogen (secondary N) is 1. The first-order valence-electron chi connectivity index (χ1n) is 14.4. The SMILES string of the molecule is CNc1cc(F)c(Cl)c2c1Cc1ncc(-c3cnc4c(c3)c(=O)c(C(=O)O)cn4C)c(N3CC4[C@H](CC[C@H]4N(C)C)C3)c1-2. The van der Waals surface area contributed by atoms with Gasteiger partial charge in [-0.1, -0.05) is 11.6 Å². The predicted octanol–water partition coefficient (Wildman–Crippen LogP) is 4.88. The molecule has 1 aromatic carbocycles. The summed E-state index contributed by atoms with van der Waals surface area (Å²) in [7, 11) is 7.70. The van der Waals surface area contributed by atoms with Crippen LogP contribution in [-0.4, -0.2) is 70.8 Å². The number of rotatable bonds is 5. The van der Waals surface area contributed by atoms with Gasteiger partial charge in [-0.25, -0.2) is 14.2 Å². The van der Waals surface area contributed by atoms with E-state index in [1.165, 1.54) is 12.3 Å². The highest BCUT2D eigenvalue weighted by molar-refractivity contribution is 6.34. The molecule has 0 bridgehead atoms. The molecule has 1 unspecified atom stereocenters. The first-order chi connectivity index (χ1) is 20.6. The smallest absolute Gasteiger partial charge is 0.341 e. The molecule has 0 spiro atoms. The van der Waals surface area contributed by atoms with E-state index in [1.807, 2.05) is 0 Å². The molecule has 2 aliphatic carbocycles. The number of anilines is 2. The molecule has 3 aromatic heterocycles. The van der Waals surface area contributed by atoms with E-state index in [4.69, 9.17) is 16.6 Å². The highest BCUT2D eigenvalue weighted by Gasteiger charge is 2.45. The summed E-state index contributed by atoms with van der Waals surface area (Å²) in [5, 5.41) is 13.0. The Bertz CT molecular complexity index is 1910. The Morgan fingerprint density at radius 2 is 1.95 bits per heavy atom. The fourth-order valence-corrected chi connectivity index (χ4v) is 7.96. The summed E-state index contributed by atoms with van der Waals surface area (Å²) < 4.78 is 16.8. The lowest BCUT2D eigenvalue weighted by Gasteiger charge is -2.29. The minimum Gasteiger partial charge on any atom is -0.477 e. The van der Waals surface area contributed by atoms with Gasteiger partial charge in [0.2, 0.25) is 5.43 Å². The van der Waals surface area contributed by atoms with Crippen molar-refractivity contribution in [2.45, 2.75) is 25.3 Å². The summed E-state index contributed by atoms with van der Waals surface area (Å²) in [6.07, 6.45) is 7.58. The van der Waals surface area contributed by atoms with E-state index in [0.29, 0.717) is 46.8 Å². The summed E-state index contributed by atoms with van der Waals surface area (Å²) in [6, 6.07) is 3.60. The van der Waals surface area contributed by atoms with Crippen molar-refractivity contribution in [2.75, 3.05) is 44.4 Å². The van der Waals surface area contributed by atoms with E-state index in [1.54, 1.807) is 37.1 Å². The lowest BCUT2D eigenvalue weighted by atomic mass is 9.96. The molecule has 1 aliphatic heterocycles. The third kappa shape index (κ3) is 4.14. The Kier molecular flexibility index (Phi) is 6.48. The Balaban J connectivity index is 1.48. The third-order valence-electron chi connectivity index (χ3n) is 9.67. The van der Waals surface area contributed by atoms with Gasteiger partial charge in [0.25, 0.3) is 0 Å². The van der Waals surface area contributed by atoms with E-state index in [9.17, 15) is 14.7 Å². The molecule has 4 heterocycles. The molecule has 2 N–H and O–H groups in total. The number of fused-ring (bicyclic) bond motifs is 5. The fourth-order valence-electron chi connectivity index (χ4n) is 7.70. The monoisotopic (exact) mass is 602 g/mol. The molecular formula is C32H32ClFN6O3. The highest BCUT2D eigenvalue weighted by atomic mass is 35.5. The second kappa shape index (κ2) is 10.0. The van der Waals surface area contributed by atoms with E-state index in [-0.39, 0.29) is 16.0 Å². The van der Waals surface area contributed by atoms with Gasteiger partial charge in [-0.15, -0.1) is 0 Å². The largest absolute Gasteiger partial charge is 0.477 e. The average Bonchev–Trinajstić information content (AvgIpc) is 3.68. The summed E-state index contributed by atoms with van der Waals surface area (Å²) in [4.78, 5) is 39.2. The zero-order valence-electron chi connectivity index (χ0n) is 24.4. The van der Waals surface area contributed by atoms with Crippen LogP contribution in [0.15, 0.2) is 35.5 Å². The maximum absolute atomic E-state index is 15.2. The fraction of sp³-hybridized carbons (Fsp3) is 0.375. The molecule has 9 nitrogen and oxygen atoms in total. The van der Waals surface area contributed by atoms with E-state index >= 15 is 4.39 Å². The van der Waals surface area contributed by atoms with Gasteiger partial charge in [-0.3, -0.25) is 9.78 Å². The van der Waals surface area contributed by atoms with Crippen molar-refractivity contribution in [3.05, 3.63) is 68.6 Å². The van der Waals surface area contributed by atoms with Crippen molar-refractivity contribution >= 4 is 40.0 Å². The molecule has 2 fully saturated rings. The standard InChI is InChI=1S/C32H32ClFN6O3/c1-35-23-9-22(34)28(33)26-17(23)8-24-27(26)29(40-12-15-5-6-25(38(2)3)20(15)14-40)19(11-36-24)16-7-18-30(41)21(32(42)43)13-39(4)31(18)37-10-16/h7,9-11,13,15,20,25,35H,5-6,8,12,14H2,1-4H3,(H,42,43)/t15-,20?,25-/m1/s1. The van der Waals surface area contributed by atoms with Crippen LogP contribution >= 0.6 is 11.6 Å². The molecule has 3 aliphatic rings. The summed E-state index contributed by atoms with van der Waals surface area (Å²) in [5.41, 5.74) is 5.59. The Morgan fingerprint density at radius 1 is 1.16 bits per heavy atom. The lowest BCUT2D eigenvalue weighted by Crippen LogP contribution is -2.35. The maximum Gasteiger partial charge on any atom is 0.341 e. The van der Waals surface area contributed by atoms with Gasteiger partial charge in [-0.2, -0.15) is 0 Å². The second-order valence-electron chi connectivity index (χ2n) is 12.2. The Morgan fingerprint density at radius 3 is 2.67 bits per heavy atom. The van der Waals surface area contributed by atoms with Gasteiger partial charge in [0.1, 0.15) is 17.0 Å². The topological polar surface area (TPSA) is 104 Å². The molecule has 3 atom stereocenters. The van der Waals surface area contributed by atoms with Gasteiger partial charge >= 0.3 is 5.97 Å². The number of halogens is 2. The van der Waals surface area contributed by atoms with Crippen LogP contribution in [0.4, 0.5) is 15.8 Å². The predicted molar refractivity (Wildman–Crippen MR) is 166 cm³/mol. The van der Waals surface area contributed by atoms with Crippen LogP contribution in [0.25, 0.3) is 33.3 Å². The number of nitrogens with zero attached hydrogens (tertiary/aromatic N) is 5. The van der Waals surface area contributed by atoms with Crippen LogP contribution in [0.3, 0.4) is 0 Å². The Labute approximate surface area is 252 Å². The molecular weight excluding hydrogens is 571 g/mol. The van der Waals surface area contributed by atoms with E-state index in [2.05, 4.69) is 34.2 Å². The van der Waals surface area contributed by atoms with Crippen molar-refractivity contribution in [1.82, 2.24) is 19.4 Å². The summed E-state index contributed by atoms with van der Waals surface area (Å²) in [6.45, 7) is 1.66. The minimum atomic E-state index is -1.29. The number of pyridine rings is 3. The van der Waals surface area contributed by atoms with Crippen molar-refractivity contribution in [1.29, 1.82) is 0 Å². The van der Waals surface area contributed by atoms with Crippen LogP contribution < -0.4 is 15.6 Å². The molecule has 0 amide bonds. The summed E-state index contributed by atoms with van der Waals surface area (Å²) in [5.74, 6) is -0.804. The molecule has 11 heteroatoms. The number of aromatic carboxylic acids is 1. The molecule has 4 aromatic rings. The van der Waals surface area contributed by atoms with Crippen molar-refractivity contribution in [3.63, 3.8) is 0 Å². The quantitative estimate of drug-likeness (QED) is 0.294. The van der Waals surface area contributed by atoms with Crippen molar-refractivity contribution < 1.29 is 14.3 Å². The first-order valence-corrected chi connectivity index (χ1v) is 14.8. The number of carbonyl (C=O) groups is 1. The van der Waals surface area contributed by atoms with Crippen LogP contribution in [0.5, 0.6) is 0 Å². The summed E-state index contributed by atoms with van der Waals surface area (Å²) >= 11 is 6.73. The maximum atomic E-state index is 15.2. The Hall–Kier alpha value is -4.02. The van der Waals surface area contributed by atoms with Crippen LogP contribution in [-0.2, 0) is 13.5 Å². The number of hydrogen-bond donors (Lipinski definition) is 2. The van der Waals surface area contributed by atoms with Crippen molar-refractivity contribution in [3.8, 4) is 22.3 Å². The lowest BCUT2D eigenvalue weighted by molar-refractivity contribution is 0.0695. The number of hydrogen-bond acceptors (Lipinski definition) is 7. The van der Waals surface area contributed by atoms with E-state index < -0.39 is 17.2 Å². The van der Waals surface area contributed by atoms with Crippen molar-refractivity contribution in [2.24, 2.45) is 18.9 Å². The van der Waals surface area contributed by atoms with Crippen LogP contribution in [0.1, 0.15) is 34.5 Å². The van der Waals surface area contributed by atoms with Gasteiger partial charge in [-0.05, 0) is 56.5 Å². The first kappa shape index (κ1) is 27.8. The normalized spacial score (nSPS) is 20.5. The van der Waals surface area contributed by atoms with Gasteiger partial charge in [0, 0.05) is 86.2 Å². The molecule has 0 radical (unpaired) electrons. The second-order valence-corrected chi connectivity index (χ2v) is 12.5. The highest BCUT2D eigenvalue weighted by Crippen LogP contribution is 2.53. The number of aryl methyl sites for hydroxylation is 1. The zero-order chi connectivity index (χ0) is 30.3. The number of aromatic nitrogens is 3. The average molecular weight is 603 g/mol. The van der Waals surface area contributed by atoms with Crippen LogP contribution in [0, 0.1) is 17.7 Å². The molecule has 1 saturated heterocycles. The molecule has 1 saturated carbocycles. The van der Waals surface area contributed by atoms with Crippen LogP contribution in [0.2, 0.25) is 5.02 Å². The van der Waals surface area contributed by atoms with Gasteiger partial charge in [0.05, 0.1) is 21.8 Å². The molecule has 7 rings (SSSR count). The van der Waals surface area contributed by atoms with Gasteiger partial charge < -0.3 is 24.8 Å². The molecule has 43 heavy (non-hydrogen) atoms. The number of carboxylic acid groups (broad SMARTS) is 1. The van der Waals surface area contributed by atoms with E-state index in [0.717, 1.165) is 54.0 Å².